The van der Waals surface area contributed by atoms with Crippen LogP contribution in [0.4, 0.5) is 4.79 Å². The Morgan fingerprint density at radius 2 is 2.00 bits per heavy atom. The molecule has 0 bridgehead atoms. The van der Waals surface area contributed by atoms with Crippen molar-refractivity contribution in [1.29, 1.82) is 0 Å². The number of methoxy groups -OCH3 is 1. The molecule has 0 aliphatic carbocycles. The summed E-state index contributed by atoms with van der Waals surface area (Å²) >= 11 is 4.59. The SMILES string of the molecule is COC(=S)NNC(=O)N(C)C. The second-order valence-electron chi connectivity index (χ2n) is 1.94. The maximum absolute atomic E-state index is 10.8. The summed E-state index contributed by atoms with van der Waals surface area (Å²) in [5, 5.41) is 0.125. The average molecular weight is 177 g/mol. The largest absolute Gasteiger partial charge is 0.473 e. The van der Waals surface area contributed by atoms with Crippen LogP contribution in [0.3, 0.4) is 0 Å². The Kier molecular flexibility index (Phi) is 4.28. The Bertz CT molecular complexity index is 160. The molecule has 2 N–H and O–H groups in total. The van der Waals surface area contributed by atoms with Gasteiger partial charge in [0.25, 0.3) is 5.17 Å². The van der Waals surface area contributed by atoms with E-state index in [-0.39, 0.29) is 11.2 Å². The van der Waals surface area contributed by atoms with Gasteiger partial charge in [0.05, 0.1) is 7.11 Å². The van der Waals surface area contributed by atoms with Crippen LogP contribution in [0.1, 0.15) is 0 Å². The molecule has 0 heterocycles. The number of nitrogens with zero attached hydrogens (tertiary/aromatic N) is 1. The molecule has 0 rings (SSSR count). The summed E-state index contributed by atoms with van der Waals surface area (Å²) in [6.45, 7) is 0. The Morgan fingerprint density at radius 1 is 1.45 bits per heavy atom. The zero-order valence-electron chi connectivity index (χ0n) is 6.67. The zero-order chi connectivity index (χ0) is 8.85. The van der Waals surface area contributed by atoms with Crippen molar-refractivity contribution in [2.75, 3.05) is 21.2 Å². The monoisotopic (exact) mass is 177 g/mol. The molecule has 0 atom stereocenters. The second-order valence-corrected chi connectivity index (χ2v) is 2.31. The highest BCUT2D eigenvalue weighted by Crippen LogP contribution is 1.74. The van der Waals surface area contributed by atoms with Crippen LogP contribution in [-0.2, 0) is 4.74 Å². The van der Waals surface area contributed by atoms with Crippen molar-refractivity contribution in [3.05, 3.63) is 0 Å². The van der Waals surface area contributed by atoms with E-state index in [1.54, 1.807) is 14.1 Å². The van der Waals surface area contributed by atoms with Crippen LogP contribution in [0.2, 0.25) is 0 Å². The van der Waals surface area contributed by atoms with E-state index in [0.717, 1.165) is 0 Å². The van der Waals surface area contributed by atoms with Crippen LogP contribution in [0, 0.1) is 0 Å². The van der Waals surface area contributed by atoms with E-state index in [0.29, 0.717) is 0 Å². The van der Waals surface area contributed by atoms with Gasteiger partial charge < -0.3 is 9.64 Å². The van der Waals surface area contributed by atoms with Gasteiger partial charge in [0, 0.05) is 14.1 Å². The van der Waals surface area contributed by atoms with Crippen LogP contribution < -0.4 is 10.9 Å². The molecule has 0 saturated carbocycles. The molecule has 0 unspecified atom stereocenters. The van der Waals surface area contributed by atoms with Gasteiger partial charge in [0.15, 0.2) is 0 Å². The van der Waals surface area contributed by atoms with Gasteiger partial charge in [-0.25, -0.2) is 10.2 Å². The first-order valence-electron chi connectivity index (χ1n) is 2.89. The Balaban J connectivity index is 3.54. The maximum atomic E-state index is 10.8. The number of carbonyl (C=O) groups is 1. The normalized spacial score (nSPS) is 8.27. The third kappa shape index (κ3) is 4.38. The minimum atomic E-state index is -0.288. The van der Waals surface area contributed by atoms with E-state index >= 15 is 0 Å². The summed E-state index contributed by atoms with van der Waals surface area (Å²) in [5.74, 6) is 0. The molecule has 0 saturated heterocycles. The van der Waals surface area contributed by atoms with Gasteiger partial charge in [0.2, 0.25) is 0 Å². The summed E-state index contributed by atoms with van der Waals surface area (Å²) in [4.78, 5) is 12.2. The minimum absolute atomic E-state index is 0.125. The summed E-state index contributed by atoms with van der Waals surface area (Å²) in [6, 6.07) is -0.288. The molecule has 0 spiro atoms. The molecular weight excluding hydrogens is 166 g/mol. The number of amides is 2. The third-order valence-corrected chi connectivity index (χ3v) is 1.13. The van der Waals surface area contributed by atoms with Gasteiger partial charge in [-0.2, -0.15) is 0 Å². The predicted octanol–water partition coefficient (Wildman–Crippen LogP) is -0.307. The van der Waals surface area contributed by atoms with Crippen molar-refractivity contribution in [2.24, 2.45) is 0 Å². The first kappa shape index (κ1) is 9.96. The lowest BCUT2D eigenvalue weighted by atomic mass is 10.8. The fraction of sp³-hybridized carbons (Fsp3) is 0.600. The van der Waals surface area contributed by atoms with Crippen molar-refractivity contribution < 1.29 is 9.53 Å². The van der Waals surface area contributed by atoms with Crippen LogP contribution >= 0.6 is 12.2 Å². The van der Waals surface area contributed by atoms with Gasteiger partial charge >= 0.3 is 6.03 Å². The molecular formula is C5H11N3O2S. The van der Waals surface area contributed by atoms with E-state index < -0.39 is 0 Å². The standard InChI is InChI=1S/C5H11N3O2S/c1-8(2)4(9)6-7-5(11)10-3/h1-3H3,(H,6,9)(H,7,11). The smallest absolute Gasteiger partial charge is 0.335 e. The molecule has 0 aromatic rings. The first-order chi connectivity index (χ1) is 5.07. The highest BCUT2D eigenvalue weighted by Gasteiger charge is 2.01. The zero-order valence-corrected chi connectivity index (χ0v) is 7.49. The number of hydrogen-bond donors (Lipinski definition) is 2. The number of urea groups is 1. The highest BCUT2D eigenvalue weighted by molar-refractivity contribution is 7.80. The minimum Gasteiger partial charge on any atom is -0.473 e. The maximum Gasteiger partial charge on any atom is 0.335 e. The lowest BCUT2D eigenvalue weighted by Crippen LogP contribution is -2.46. The number of carbonyl (C=O) groups excluding carboxylic acids is 1. The molecule has 6 heteroatoms. The fourth-order valence-corrected chi connectivity index (χ4v) is 0.318. The average Bonchev–Trinajstić information content (AvgIpc) is 1.99. The molecule has 2 amide bonds. The van der Waals surface area contributed by atoms with Gasteiger partial charge in [-0.1, -0.05) is 0 Å². The van der Waals surface area contributed by atoms with Gasteiger partial charge in [-0.15, -0.1) is 0 Å². The summed E-state index contributed by atoms with van der Waals surface area (Å²) in [5.41, 5.74) is 4.69. The molecule has 0 aromatic heterocycles. The van der Waals surface area contributed by atoms with E-state index in [1.165, 1.54) is 12.0 Å². The van der Waals surface area contributed by atoms with Crippen LogP contribution in [-0.4, -0.2) is 37.3 Å². The molecule has 0 radical (unpaired) electrons. The van der Waals surface area contributed by atoms with Gasteiger partial charge in [-0.3, -0.25) is 5.43 Å². The number of thiocarbonyl (C=S) groups is 1. The van der Waals surface area contributed by atoms with Crippen LogP contribution in [0.25, 0.3) is 0 Å². The van der Waals surface area contributed by atoms with E-state index in [1.807, 2.05) is 0 Å². The van der Waals surface area contributed by atoms with E-state index in [9.17, 15) is 4.79 Å². The molecule has 0 aliphatic rings. The Morgan fingerprint density at radius 3 is 2.36 bits per heavy atom. The summed E-state index contributed by atoms with van der Waals surface area (Å²) in [7, 11) is 4.65. The third-order valence-electron chi connectivity index (χ3n) is 0.863. The van der Waals surface area contributed by atoms with E-state index in [2.05, 4.69) is 27.8 Å². The van der Waals surface area contributed by atoms with Crippen molar-refractivity contribution in [3.63, 3.8) is 0 Å². The quantitative estimate of drug-likeness (QED) is 0.394. The number of hydrazine groups is 1. The van der Waals surface area contributed by atoms with Crippen LogP contribution in [0.5, 0.6) is 0 Å². The van der Waals surface area contributed by atoms with Crippen molar-refractivity contribution in [3.8, 4) is 0 Å². The first-order valence-corrected chi connectivity index (χ1v) is 3.30. The lowest BCUT2D eigenvalue weighted by Gasteiger charge is -2.12. The van der Waals surface area contributed by atoms with Gasteiger partial charge in [-0.05, 0) is 12.2 Å². The summed E-state index contributed by atoms with van der Waals surface area (Å²) in [6.07, 6.45) is 0. The Labute approximate surface area is 70.7 Å². The molecule has 11 heavy (non-hydrogen) atoms. The van der Waals surface area contributed by atoms with Crippen molar-refractivity contribution >= 4 is 23.4 Å². The van der Waals surface area contributed by atoms with Gasteiger partial charge in [0.1, 0.15) is 0 Å². The second kappa shape index (κ2) is 4.73. The number of rotatable bonds is 0. The number of nitrogens with one attached hydrogen (secondary N) is 2. The molecule has 0 aromatic carbocycles. The topological polar surface area (TPSA) is 53.6 Å². The summed E-state index contributed by atoms with van der Waals surface area (Å²) < 4.78 is 4.57. The van der Waals surface area contributed by atoms with Crippen molar-refractivity contribution in [1.82, 2.24) is 15.8 Å². The molecule has 0 aliphatic heterocycles. The highest BCUT2D eigenvalue weighted by atomic mass is 32.1. The molecule has 0 fully saturated rings. The Hall–Kier alpha value is -1.04. The predicted molar refractivity (Wildman–Crippen MR) is 45.0 cm³/mol. The van der Waals surface area contributed by atoms with E-state index in [4.69, 9.17) is 0 Å². The molecule has 5 nitrogen and oxygen atoms in total. The molecule has 64 valence electrons. The number of hydrogen-bond acceptors (Lipinski definition) is 3. The lowest BCUT2D eigenvalue weighted by molar-refractivity contribution is 0.214. The van der Waals surface area contributed by atoms with Crippen LogP contribution in [0.15, 0.2) is 0 Å². The fourth-order valence-electron chi connectivity index (χ4n) is 0.267. The van der Waals surface area contributed by atoms with Crippen molar-refractivity contribution in [2.45, 2.75) is 0 Å². The number of ether oxygens (including phenoxy) is 1.